The summed E-state index contributed by atoms with van der Waals surface area (Å²) in [6.07, 6.45) is 47.1. The van der Waals surface area contributed by atoms with Crippen molar-refractivity contribution in [3.05, 3.63) is 37.4 Å². The summed E-state index contributed by atoms with van der Waals surface area (Å²) >= 11 is 0. The topological polar surface area (TPSA) is 17.6 Å². The summed E-state index contributed by atoms with van der Waals surface area (Å²) in [7, 11) is 0. The van der Waals surface area contributed by atoms with Gasteiger partial charge in [-0.2, -0.15) is 0 Å². The van der Waals surface area contributed by atoms with Gasteiger partial charge in [0.2, 0.25) is 12.7 Å². The molecule has 2 aromatic rings. The van der Waals surface area contributed by atoms with E-state index in [1.807, 2.05) is 0 Å². The Morgan fingerprint density at radius 3 is 1.02 bits per heavy atom. The molecule has 40 heavy (non-hydrogen) atoms. The molecule has 0 bridgehead atoms. The van der Waals surface area contributed by atoms with Gasteiger partial charge in [-0.1, -0.05) is 117 Å². The third-order valence-corrected chi connectivity index (χ3v) is 8.61. The lowest BCUT2D eigenvalue weighted by Crippen LogP contribution is -2.30. The smallest absolute Gasteiger partial charge is 0.237 e. The van der Waals surface area contributed by atoms with Crippen molar-refractivity contribution in [1.82, 2.24) is 9.13 Å². The first kappa shape index (κ1) is 34.6. The maximum atomic E-state index is 2.39. The molecule has 0 aromatic carbocycles. The molecule has 0 radical (unpaired) electrons. The molecule has 0 atom stereocenters. The number of aryl methyl sites for hydroxylation is 4. The van der Waals surface area contributed by atoms with Gasteiger partial charge in [0, 0.05) is 0 Å². The lowest BCUT2D eigenvalue weighted by Gasteiger charge is -2.02. The van der Waals surface area contributed by atoms with E-state index in [4.69, 9.17) is 0 Å². The molecule has 0 N–H and O–H groups in total. The quantitative estimate of drug-likeness (QED) is 0.0701. The summed E-state index contributed by atoms with van der Waals surface area (Å²) < 4.78 is 9.57. The Hall–Kier alpha value is -1.58. The number of unbranched alkanes of at least 4 members (excludes halogenated alkanes) is 21. The maximum Gasteiger partial charge on any atom is 0.243 e. The van der Waals surface area contributed by atoms with Gasteiger partial charge in [-0.25, -0.2) is 18.3 Å². The summed E-state index contributed by atoms with van der Waals surface area (Å²) in [4.78, 5) is 0. The van der Waals surface area contributed by atoms with Crippen LogP contribution >= 0.6 is 0 Å². The fourth-order valence-corrected chi connectivity index (χ4v) is 5.91. The van der Waals surface area contributed by atoms with Crippen molar-refractivity contribution in [2.45, 2.75) is 194 Å². The lowest BCUT2D eigenvalue weighted by molar-refractivity contribution is -0.697. The second kappa shape index (κ2) is 25.2. The van der Waals surface area contributed by atoms with Crippen LogP contribution in [0.4, 0.5) is 0 Å². The summed E-state index contributed by atoms with van der Waals surface area (Å²) in [6.45, 7) is 9.32. The van der Waals surface area contributed by atoms with Crippen LogP contribution in [0.3, 0.4) is 0 Å². The van der Waals surface area contributed by atoms with E-state index in [0.717, 1.165) is 0 Å². The minimum atomic E-state index is 1.18. The third kappa shape index (κ3) is 18.7. The first-order valence-electron chi connectivity index (χ1n) is 17.9. The van der Waals surface area contributed by atoms with E-state index in [-0.39, 0.29) is 0 Å². The molecule has 0 amide bonds. The maximum absolute atomic E-state index is 2.39. The van der Waals surface area contributed by atoms with Crippen LogP contribution in [0, 0.1) is 0 Å². The lowest BCUT2D eigenvalue weighted by atomic mass is 10.1. The van der Waals surface area contributed by atoms with Gasteiger partial charge in [-0.05, 0) is 51.4 Å². The summed E-state index contributed by atoms with van der Waals surface area (Å²) in [5, 5.41) is 0. The van der Waals surface area contributed by atoms with Gasteiger partial charge in [0.25, 0.3) is 0 Å². The number of rotatable bonds is 29. The van der Waals surface area contributed by atoms with E-state index in [1.165, 1.54) is 180 Å². The van der Waals surface area contributed by atoms with E-state index in [9.17, 15) is 0 Å². The second-order valence-corrected chi connectivity index (χ2v) is 12.6. The summed E-state index contributed by atoms with van der Waals surface area (Å²) in [5.41, 5.74) is 0. The van der Waals surface area contributed by atoms with Crippen molar-refractivity contribution >= 4 is 0 Å². The van der Waals surface area contributed by atoms with Gasteiger partial charge in [0.05, 0.1) is 26.2 Å². The Bertz CT molecular complexity index is 726. The molecule has 4 heteroatoms. The molecular formula is C36H68N4+2. The minimum Gasteiger partial charge on any atom is -0.237 e. The van der Waals surface area contributed by atoms with Crippen LogP contribution in [-0.2, 0) is 26.2 Å². The standard InChI is InChI=1S/C36H68N4/c1-3-5-7-9-11-15-19-23-27-37-31-33-39(35-37)29-25-21-17-13-14-18-22-26-30-40-34-32-38(36-40)28-24-20-16-12-10-8-6-4-2/h31-36H,3-30H2,1-2H3/q+2. The fraction of sp³-hybridized carbons (Fsp3) is 0.833. The molecule has 0 aliphatic heterocycles. The van der Waals surface area contributed by atoms with Gasteiger partial charge in [-0.15, -0.1) is 0 Å². The number of hydrogen-bond acceptors (Lipinski definition) is 0. The summed E-state index contributed by atoms with van der Waals surface area (Å²) in [6, 6.07) is 0. The monoisotopic (exact) mass is 557 g/mol. The second-order valence-electron chi connectivity index (χ2n) is 12.6. The van der Waals surface area contributed by atoms with Gasteiger partial charge >= 0.3 is 0 Å². The zero-order valence-corrected chi connectivity index (χ0v) is 27.1. The number of imidazole rings is 2. The van der Waals surface area contributed by atoms with Crippen LogP contribution in [0.1, 0.15) is 168 Å². The molecule has 0 aliphatic carbocycles. The first-order valence-corrected chi connectivity index (χ1v) is 17.9. The highest BCUT2D eigenvalue weighted by atomic mass is 15.1. The number of aromatic nitrogens is 4. The van der Waals surface area contributed by atoms with E-state index in [2.05, 4.69) is 69.6 Å². The number of nitrogens with zero attached hydrogens (tertiary/aromatic N) is 4. The molecule has 0 saturated carbocycles. The average molecular weight is 557 g/mol. The molecule has 230 valence electrons. The molecule has 0 aliphatic rings. The predicted octanol–water partition coefficient (Wildman–Crippen LogP) is 9.97. The predicted molar refractivity (Wildman–Crippen MR) is 171 cm³/mol. The highest BCUT2D eigenvalue weighted by Crippen LogP contribution is 2.11. The zero-order valence-electron chi connectivity index (χ0n) is 27.1. The molecule has 0 saturated heterocycles. The van der Waals surface area contributed by atoms with Crippen LogP contribution in [0.5, 0.6) is 0 Å². The van der Waals surface area contributed by atoms with Crippen molar-refractivity contribution < 1.29 is 9.13 Å². The number of hydrogen-bond donors (Lipinski definition) is 0. The SMILES string of the molecule is CCCCCCCCCCn1cc[n+](CCCCCCCCCC[n+]2ccn(CCCCCCCCCC)c2)c1. The van der Waals surface area contributed by atoms with Crippen LogP contribution in [0.2, 0.25) is 0 Å². The molecule has 4 nitrogen and oxygen atoms in total. The average Bonchev–Trinajstić information content (AvgIpc) is 3.62. The summed E-state index contributed by atoms with van der Waals surface area (Å²) in [5.74, 6) is 0. The van der Waals surface area contributed by atoms with Crippen molar-refractivity contribution in [3.8, 4) is 0 Å². The van der Waals surface area contributed by atoms with E-state index < -0.39 is 0 Å². The molecule has 0 fully saturated rings. The Kier molecular flexibility index (Phi) is 21.8. The van der Waals surface area contributed by atoms with Crippen molar-refractivity contribution in [2.24, 2.45) is 0 Å². The zero-order chi connectivity index (χ0) is 28.4. The molecule has 2 heterocycles. The largest absolute Gasteiger partial charge is 0.243 e. The normalized spacial score (nSPS) is 11.6. The first-order chi connectivity index (χ1) is 19.8. The third-order valence-electron chi connectivity index (χ3n) is 8.61. The Morgan fingerprint density at radius 2 is 0.675 bits per heavy atom. The highest BCUT2D eigenvalue weighted by molar-refractivity contribution is 4.67. The van der Waals surface area contributed by atoms with Crippen molar-refractivity contribution in [3.63, 3.8) is 0 Å². The Balaban J connectivity index is 1.34. The van der Waals surface area contributed by atoms with Crippen LogP contribution in [0.25, 0.3) is 0 Å². The molecular weight excluding hydrogens is 488 g/mol. The molecule has 0 spiro atoms. The van der Waals surface area contributed by atoms with Gasteiger partial charge in [-0.3, -0.25) is 0 Å². The Morgan fingerprint density at radius 1 is 0.375 bits per heavy atom. The molecule has 2 aromatic heterocycles. The molecule has 2 rings (SSSR count). The van der Waals surface area contributed by atoms with Crippen LogP contribution in [0.15, 0.2) is 37.4 Å². The minimum absolute atomic E-state index is 1.18. The van der Waals surface area contributed by atoms with Crippen LogP contribution in [-0.4, -0.2) is 9.13 Å². The Labute approximate surface area is 249 Å². The van der Waals surface area contributed by atoms with E-state index in [0.29, 0.717) is 0 Å². The highest BCUT2D eigenvalue weighted by Gasteiger charge is 2.05. The van der Waals surface area contributed by atoms with E-state index >= 15 is 0 Å². The fourth-order valence-electron chi connectivity index (χ4n) is 5.91. The van der Waals surface area contributed by atoms with Gasteiger partial charge < -0.3 is 0 Å². The van der Waals surface area contributed by atoms with Gasteiger partial charge in [0.1, 0.15) is 24.8 Å². The van der Waals surface area contributed by atoms with Crippen molar-refractivity contribution in [1.29, 1.82) is 0 Å². The van der Waals surface area contributed by atoms with Crippen LogP contribution < -0.4 is 9.13 Å². The van der Waals surface area contributed by atoms with Gasteiger partial charge in [0.15, 0.2) is 0 Å². The molecule has 0 unspecified atom stereocenters. The van der Waals surface area contributed by atoms with Crippen molar-refractivity contribution in [2.75, 3.05) is 0 Å². The van der Waals surface area contributed by atoms with E-state index in [1.54, 1.807) is 0 Å².